The number of sulfonamides is 1. The molecule has 0 amide bonds. The van der Waals surface area contributed by atoms with Gasteiger partial charge in [0.05, 0.1) is 5.75 Å². The Bertz CT molecular complexity index is 503. The van der Waals surface area contributed by atoms with E-state index in [9.17, 15) is 17.2 Å². The predicted octanol–water partition coefficient (Wildman–Crippen LogP) is 2.53. The van der Waals surface area contributed by atoms with E-state index in [1.54, 1.807) is 13.8 Å². The van der Waals surface area contributed by atoms with Crippen LogP contribution in [-0.4, -0.2) is 25.0 Å². The molecule has 0 bridgehead atoms. The molecule has 0 atom stereocenters. The van der Waals surface area contributed by atoms with Gasteiger partial charge in [0.25, 0.3) is 0 Å². The fourth-order valence-electron chi connectivity index (χ4n) is 1.64. The lowest BCUT2D eigenvalue weighted by Crippen LogP contribution is -2.32. The minimum atomic E-state index is -3.33. The summed E-state index contributed by atoms with van der Waals surface area (Å²) in [5.74, 6) is -1.83. The Labute approximate surface area is 106 Å². The van der Waals surface area contributed by atoms with E-state index < -0.39 is 21.7 Å². The molecule has 6 heteroatoms. The molecule has 0 radical (unpaired) electrons. The maximum absolute atomic E-state index is 13.0. The van der Waals surface area contributed by atoms with Crippen molar-refractivity contribution in [1.29, 1.82) is 0 Å². The summed E-state index contributed by atoms with van der Waals surface area (Å²) in [5, 5.41) is 0. The minimum Gasteiger partial charge on any atom is -0.212 e. The molecule has 0 unspecified atom stereocenters. The van der Waals surface area contributed by atoms with Crippen molar-refractivity contribution < 1.29 is 17.2 Å². The van der Waals surface area contributed by atoms with Crippen molar-refractivity contribution in [3.8, 4) is 0 Å². The highest BCUT2D eigenvalue weighted by atomic mass is 32.2. The van der Waals surface area contributed by atoms with Gasteiger partial charge in [0.1, 0.15) is 0 Å². The molecule has 0 saturated carbocycles. The summed E-state index contributed by atoms with van der Waals surface area (Å²) in [6.07, 6.45) is 0.524. The number of benzene rings is 1. The lowest BCUT2D eigenvalue weighted by molar-refractivity contribution is 0.420. The normalized spacial score (nSPS) is 12.1. The van der Waals surface area contributed by atoms with E-state index in [2.05, 4.69) is 0 Å². The maximum Gasteiger partial charge on any atom is 0.214 e. The summed E-state index contributed by atoms with van der Waals surface area (Å²) in [6, 6.07) is 3.42. The van der Waals surface area contributed by atoms with Crippen molar-refractivity contribution in [2.75, 3.05) is 12.3 Å². The molecule has 0 heterocycles. The van der Waals surface area contributed by atoms with Gasteiger partial charge in [-0.3, -0.25) is 0 Å². The van der Waals surface area contributed by atoms with E-state index in [4.69, 9.17) is 0 Å². The topological polar surface area (TPSA) is 37.4 Å². The Balaban J connectivity index is 2.89. The van der Waals surface area contributed by atoms with Crippen molar-refractivity contribution in [2.45, 2.75) is 26.8 Å². The fourth-order valence-corrected chi connectivity index (χ4v) is 3.15. The molecule has 0 aromatic heterocycles. The molecule has 0 saturated heterocycles. The molecule has 1 aromatic rings. The highest BCUT2D eigenvalue weighted by Gasteiger charge is 2.19. The summed E-state index contributed by atoms with van der Waals surface area (Å²) < 4.78 is 50.8. The molecule has 0 N–H and O–H groups in total. The van der Waals surface area contributed by atoms with E-state index in [1.165, 1.54) is 10.4 Å². The SMILES string of the molecule is CCCS(=O)(=O)N(CC)Cc1ccc(F)c(F)c1. The zero-order valence-electron chi connectivity index (χ0n) is 10.5. The number of halogens is 2. The van der Waals surface area contributed by atoms with Crippen molar-refractivity contribution in [2.24, 2.45) is 0 Å². The summed E-state index contributed by atoms with van der Waals surface area (Å²) in [4.78, 5) is 0. The fraction of sp³-hybridized carbons (Fsp3) is 0.500. The third-order valence-corrected chi connectivity index (χ3v) is 4.65. The zero-order chi connectivity index (χ0) is 13.8. The minimum absolute atomic E-state index is 0.0600. The van der Waals surface area contributed by atoms with Crippen LogP contribution in [0.4, 0.5) is 8.78 Å². The number of nitrogens with zero attached hydrogens (tertiary/aromatic N) is 1. The summed E-state index contributed by atoms with van der Waals surface area (Å²) in [6.45, 7) is 3.87. The third kappa shape index (κ3) is 3.74. The van der Waals surface area contributed by atoms with Gasteiger partial charge < -0.3 is 0 Å². The molecule has 0 spiro atoms. The summed E-state index contributed by atoms with van der Waals surface area (Å²) in [7, 11) is -3.33. The van der Waals surface area contributed by atoms with Gasteiger partial charge in [0.15, 0.2) is 11.6 Å². The second-order valence-electron chi connectivity index (χ2n) is 3.99. The Hall–Kier alpha value is -1.01. The van der Waals surface area contributed by atoms with E-state index in [0.717, 1.165) is 12.1 Å². The van der Waals surface area contributed by atoms with Crippen LogP contribution in [0.3, 0.4) is 0 Å². The van der Waals surface area contributed by atoms with E-state index in [-0.39, 0.29) is 12.3 Å². The lowest BCUT2D eigenvalue weighted by Gasteiger charge is -2.20. The highest BCUT2D eigenvalue weighted by Crippen LogP contribution is 2.13. The van der Waals surface area contributed by atoms with Gasteiger partial charge in [-0.15, -0.1) is 0 Å². The van der Waals surface area contributed by atoms with Crippen molar-refractivity contribution in [1.82, 2.24) is 4.31 Å². The van der Waals surface area contributed by atoms with Gasteiger partial charge in [0, 0.05) is 13.1 Å². The Morgan fingerprint density at radius 3 is 2.33 bits per heavy atom. The van der Waals surface area contributed by atoms with E-state index in [0.29, 0.717) is 18.5 Å². The molecule has 1 rings (SSSR count). The van der Waals surface area contributed by atoms with E-state index in [1.807, 2.05) is 0 Å². The van der Waals surface area contributed by atoms with Crippen LogP contribution >= 0.6 is 0 Å². The predicted molar refractivity (Wildman–Crippen MR) is 66.5 cm³/mol. The van der Waals surface area contributed by atoms with E-state index >= 15 is 0 Å². The van der Waals surface area contributed by atoms with Crippen LogP contribution in [-0.2, 0) is 16.6 Å². The smallest absolute Gasteiger partial charge is 0.212 e. The van der Waals surface area contributed by atoms with Gasteiger partial charge >= 0.3 is 0 Å². The number of hydrogen-bond donors (Lipinski definition) is 0. The van der Waals surface area contributed by atoms with Gasteiger partial charge in [-0.25, -0.2) is 17.2 Å². The van der Waals surface area contributed by atoms with Crippen LogP contribution in [0.1, 0.15) is 25.8 Å². The molecular formula is C12H17F2NO2S. The standard InChI is InChI=1S/C12H17F2NO2S/c1-3-7-18(16,17)15(4-2)9-10-5-6-11(13)12(14)8-10/h5-6,8H,3-4,7,9H2,1-2H3. The van der Waals surface area contributed by atoms with Gasteiger partial charge in [-0.2, -0.15) is 4.31 Å². The van der Waals surface area contributed by atoms with Gasteiger partial charge in [0.2, 0.25) is 10.0 Å². The van der Waals surface area contributed by atoms with Crippen LogP contribution in [0.25, 0.3) is 0 Å². The average molecular weight is 277 g/mol. The van der Waals surface area contributed by atoms with Crippen LogP contribution in [0.5, 0.6) is 0 Å². The Morgan fingerprint density at radius 1 is 1.17 bits per heavy atom. The zero-order valence-corrected chi connectivity index (χ0v) is 11.3. The highest BCUT2D eigenvalue weighted by molar-refractivity contribution is 7.89. The van der Waals surface area contributed by atoms with Crippen molar-refractivity contribution in [3.05, 3.63) is 35.4 Å². The van der Waals surface area contributed by atoms with Gasteiger partial charge in [-0.1, -0.05) is 19.9 Å². The molecule has 0 aliphatic heterocycles. The van der Waals surface area contributed by atoms with Crippen LogP contribution in [0.2, 0.25) is 0 Å². The second-order valence-corrected chi connectivity index (χ2v) is 6.08. The molecule has 1 aromatic carbocycles. The largest absolute Gasteiger partial charge is 0.214 e. The van der Waals surface area contributed by atoms with Crippen LogP contribution in [0, 0.1) is 11.6 Å². The first-order valence-corrected chi connectivity index (χ1v) is 7.43. The Morgan fingerprint density at radius 2 is 1.83 bits per heavy atom. The van der Waals surface area contributed by atoms with Gasteiger partial charge in [-0.05, 0) is 24.1 Å². The average Bonchev–Trinajstić information content (AvgIpc) is 2.30. The lowest BCUT2D eigenvalue weighted by atomic mass is 10.2. The second kappa shape index (κ2) is 6.24. The molecule has 0 fully saturated rings. The molecule has 18 heavy (non-hydrogen) atoms. The molecule has 3 nitrogen and oxygen atoms in total. The van der Waals surface area contributed by atoms with Crippen molar-refractivity contribution >= 4 is 10.0 Å². The van der Waals surface area contributed by atoms with Crippen LogP contribution in [0.15, 0.2) is 18.2 Å². The first-order valence-electron chi connectivity index (χ1n) is 5.82. The van der Waals surface area contributed by atoms with Crippen molar-refractivity contribution in [3.63, 3.8) is 0 Å². The summed E-state index contributed by atoms with van der Waals surface area (Å²) in [5.41, 5.74) is 0.440. The molecular weight excluding hydrogens is 260 g/mol. The first-order chi connectivity index (χ1) is 8.40. The first kappa shape index (κ1) is 15.0. The molecule has 0 aliphatic carbocycles. The quantitative estimate of drug-likeness (QED) is 0.801. The van der Waals surface area contributed by atoms with Crippen LogP contribution < -0.4 is 0 Å². The Kier molecular flexibility index (Phi) is 5.22. The monoisotopic (exact) mass is 277 g/mol. The molecule has 0 aliphatic rings. The number of hydrogen-bond acceptors (Lipinski definition) is 2. The third-order valence-electron chi connectivity index (χ3n) is 2.55. The molecule has 102 valence electrons. The number of rotatable bonds is 6. The maximum atomic E-state index is 13.0. The summed E-state index contributed by atoms with van der Waals surface area (Å²) >= 11 is 0.